The quantitative estimate of drug-likeness (QED) is 0.521. The van der Waals surface area contributed by atoms with Crippen LogP contribution in [0.3, 0.4) is 0 Å². The molecule has 0 bridgehead atoms. The van der Waals surface area contributed by atoms with Gasteiger partial charge in [0.1, 0.15) is 5.75 Å². The van der Waals surface area contributed by atoms with Crippen molar-refractivity contribution < 1.29 is 9.94 Å². The summed E-state index contributed by atoms with van der Waals surface area (Å²) >= 11 is 0. The molecule has 4 rings (SSSR count). The largest absolute Gasteiger partial charge is 0.507 e. The zero-order valence-electron chi connectivity index (χ0n) is 14.0. The van der Waals surface area contributed by atoms with Crippen LogP contribution in [0.15, 0.2) is 78.9 Å². The summed E-state index contributed by atoms with van der Waals surface area (Å²) in [6, 6.07) is 24.6. The molecule has 128 valence electrons. The number of fused-ring (bicyclic) bond motifs is 1. The maximum Gasteiger partial charge on any atom is 0.165 e. The molecule has 3 aromatic carbocycles. The van der Waals surface area contributed by atoms with Crippen LogP contribution in [0.5, 0.6) is 5.75 Å². The monoisotopic (exact) mass is 343 g/mol. The van der Waals surface area contributed by atoms with Crippen molar-refractivity contribution in [2.45, 2.75) is 6.61 Å². The van der Waals surface area contributed by atoms with Crippen molar-refractivity contribution in [3.8, 4) is 17.1 Å². The standard InChI is InChI=1S/C21H17N3O2/c25-19-13-7-5-11-17(19)20-22-18-12-6-4-10-16(18)21(23-20)24-26-14-15-8-2-1-3-9-15/h1-13,25H,14H2,(H,22,23,24). The second kappa shape index (κ2) is 7.21. The van der Waals surface area contributed by atoms with Crippen molar-refractivity contribution in [1.82, 2.24) is 9.97 Å². The lowest BCUT2D eigenvalue weighted by Gasteiger charge is -2.11. The van der Waals surface area contributed by atoms with E-state index >= 15 is 0 Å². The zero-order chi connectivity index (χ0) is 17.8. The van der Waals surface area contributed by atoms with Crippen LogP contribution < -0.4 is 5.48 Å². The number of aromatic nitrogens is 2. The summed E-state index contributed by atoms with van der Waals surface area (Å²) in [5, 5.41) is 11.0. The number of para-hydroxylation sites is 2. The van der Waals surface area contributed by atoms with Crippen LogP contribution in [-0.2, 0) is 11.4 Å². The molecule has 1 aromatic heterocycles. The number of nitrogens with one attached hydrogen (secondary N) is 1. The highest BCUT2D eigenvalue weighted by atomic mass is 16.6. The Morgan fingerprint density at radius 1 is 0.808 bits per heavy atom. The first-order valence-corrected chi connectivity index (χ1v) is 8.28. The first-order chi connectivity index (χ1) is 12.8. The van der Waals surface area contributed by atoms with E-state index in [0.717, 1.165) is 16.5 Å². The Morgan fingerprint density at radius 2 is 1.54 bits per heavy atom. The number of phenols is 1. The molecule has 0 radical (unpaired) electrons. The Morgan fingerprint density at radius 3 is 2.38 bits per heavy atom. The van der Waals surface area contributed by atoms with Gasteiger partial charge in [-0.05, 0) is 29.8 Å². The van der Waals surface area contributed by atoms with Gasteiger partial charge in [0.15, 0.2) is 11.6 Å². The van der Waals surface area contributed by atoms with Gasteiger partial charge in [-0.25, -0.2) is 15.4 Å². The molecule has 4 aromatic rings. The third-order valence-corrected chi connectivity index (χ3v) is 4.00. The molecule has 0 saturated carbocycles. The number of anilines is 1. The summed E-state index contributed by atoms with van der Waals surface area (Å²) in [7, 11) is 0. The Balaban J connectivity index is 1.67. The normalized spacial score (nSPS) is 10.8. The summed E-state index contributed by atoms with van der Waals surface area (Å²) in [5.74, 6) is 1.14. The fraction of sp³-hybridized carbons (Fsp3) is 0.0476. The minimum absolute atomic E-state index is 0.138. The Kier molecular flexibility index (Phi) is 4.45. The van der Waals surface area contributed by atoms with Gasteiger partial charge in [0.25, 0.3) is 0 Å². The summed E-state index contributed by atoms with van der Waals surface area (Å²) in [6.07, 6.45) is 0. The van der Waals surface area contributed by atoms with Crippen LogP contribution in [0.25, 0.3) is 22.3 Å². The topological polar surface area (TPSA) is 67.3 Å². The van der Waals surface area contributed by atoms with Crippen LogP contribution in [0.2, 0.25) is 0 Å². The van der Waals surface area contributed by atoms with Gasteiger partial charge >= 0.3 is 0 Å². The Hall–Kier alpha value is -3.44. The van der Waals surface area contributed by atoms with E-state index in [0.29, 0.717) is 23.8 Å². The number of hydrogen-bond donors (Lipinski definition) is 2. The summed E-state index contributed by atoms with van der Waals surface area (Å²) in [6.45, 7) is 0.408. The SMILES string of the molecule is Oc1ccccc1-c1nc(NOCc2ccccc2)c2ccccc2n1. The van der Waals surface area contributed by atoms with Crippen LogP contribution in [0.4, 0.5) is 5.82 Å². The van der Waals surface area contributed by atoms with Crippen LogP contribution in [0, 0.1) is 0 Å². The third-order valence-electron chi connectivity index (χ3n) is 4.00. The van der Waals surface area contributed by atoms with Crippen molar-refractivity contribution >= 4 is 16.7 Å². The fourth-order valence-corrected chi connectivity index (χ4v) is 2.70. The van der Waals surface area contributed by atoms with E-state index in [1.165, 1.54) is 0 Å². The molecule has 5 nitrogen and oxygen atoms in total. The van der Waals surface area contributed by atoms with Gasteiger partial charge in [-0.15, -0.1) is 0 Å². The van der Waals surface area contributed by atoms with Gasteiger partial charge in [-0.2, -0.15) is 0 Å². The summed E-state index contributed by atoms with van der Waals surface area (Å²) in [5.41, 5.74) is 5.33. The van der Waals surface area contributed by atoms with Gasteiger partial charge in [-0.3, -0.25) is 4.84 Å². The molecule has 0 aliphatic rings. The molecule has 0 amide bonds. The van der Waals surface area contributed by atoms with E-state index in [1.54, 1.807) is 18.2 Å². The zero-order valence-corrected chi connectivity index (χ0v) is 14.0. The highest BCUT2D eigenvalue weighted by Gasteiger charge is 2.12. The predicted molar refractivity (Wildman–Crippen MR) is 101 cm³/mol. The highest BCUT2D eigenvalue weighted by molar-refractivity contribution is 5.90. The second-order valence-electron chi connectivity index (χ2n) is 5.81. The number of phenolic OH excluding ortho intramolecular Hbond substituents is 1. The molecular formula is C21H17N3O2. The Bertz CT molecular complexity index is 1040. The van der Waals surface area contributed by atoms with Gasteiger partial charge in [0, 0.05) is 5.39 Å². The summed E-state index contributed by atoms with van der Waals surface area (Å²) in [4.78, 5) is 14.8. The third kappa shape index (κ3) is 3.34. The number of benzene rings is 3. The smallest absolute Gasteiger partial charge is 0.165 e. The van der Waals surface area contributed by atoms with E-state index < -0.39 is 0 Å². The maximum atomic E-state index is 10.1. The highest BCUT2D eigenvalue weighted by Crippen LogP contribution is 2.29. The van der Waals surface area contributed by atoms with E-state index in [2.05, 4.69) is 15.4 Å². The van der Waals surface area contributed by atoms with Gasteiger partial charge < -0.3 is 5.11 Å². The molecule has 26 heavy (non-hydrogen) atoms. The van der Waals surface area contributed by atoms with Crippen LogP contribution >= 0.6 is 0 Å². The lowest BCUT2D eigenvalue weighted by Crippen LogP contribution is -2.05. The van der Waals surface area contributed by atoms with E-state index in [-0.39, 0.29) is 5.75 Å². The second-order valence-corrected chi connectivity index (χ2v) is 5.81. The first kappa shape index (κ1) is 16.1. The summed E-state index contributed by atoms with van der Waals surface area (Å²) < 4.78 is 0. The molecule has 0 aliphatic carbocycles. The van der Waals surface area contributed by atoms with Crippen molar-refractivity contribution in [2.75, 3.05) is 5.48 Å². The molecular weight excluding hydrogens is 326 g/mol. The molecule has 0 saturated heterocycles. The fourth-order valence-electron chi connectivity index (χ4n) is 2.70. The van der Waals surface area contributed by atoms with E-state index in [4.69, 9.17) is 4.84 Å². The molecule has 1 heterocycles. The lowest BCUT2D eigenvalue weighted by atomic mass is 10.1. The molecule has 5 heteroatoms. The minimum Gasteiger partial charge on any atom is -0.507 e. The van der Waals surface area contributed by atoms with Crippen LogP contribution in [0.1, 0.15) is 5.56 Å². The molecule has 0 aliphatic heterocycles. The maximum absolute atomic E-state index is 10.1. The lowest BCUT2D eigenvalue weighted by molar-refractivity contribution is 0.179. The number of hydrogen-bond acceptors (Lipinski definition) is 5. The van der Waals surface area contributed by atoms with Gasteiger partial charge in [-0.1, -0.05) is 54.6 Å². The van der Waals surface area contributed by atoms with Crippen molar-refractivity contribution in [3.63, 3.8) is 0 Å². The predicted octanol–water partition coefficient (Wildman–Crippen LogP) is 4.55. The van der Waals surface area contributed by atoms with Crippen LogP contribution in [-0.4, -0.2) is 15.1 Å². The van der Waals surface area contributed by atoms with Crippen molar-refractivity contribution in [3.05, 3.63) is 84.4 Å². The Labute approximate surface area is 150 Å². The molecule has 0 atom stereocenters. The number of aromatic hydroxyl groups is 1. The van der Waals surface area contributed by atoms with E-state index in [9.17, 15) is 5.11 Å². The molecule has 2 N–H and O–H groups in total. The van der Waals surface area contributed by atoms with Crippen molar-refractivity contribution in [2.24, 2.45) is 0 Å². The number of rotatable bonds is 5. The number of nitrogens with zero attached hydrogens (tertiary/aromatic N) is 2. The molecule has 0 unspecified atom stereocenters. The first-order valence-electron chi connectivity index (χ1n) is 8.28. The molecule has 0 fully saturated rings. The van der Waals surface area contributed by atoms with Gasteiger partial charge in [0.05, 0.1) is 17.7 Å². The van der Waals surface area contributed by atoms with Gasteiger partial charge in [0.2, 0.25) is 0 Å². The molecule has 0 spiro atoms. The van der Waals surface area contributed by atoms with E-state index in [1.807, 2.05) is 60.7 Å². The van der Waals surface area contributed by atoms with Crippen molar-refractivity contribution in [1.29, 1.82) is 0 Å². The minimum atomic E-state index is 0.138. The average molecular weight is 343 g/mol. The average Bonchev–Trinajstić information content (AvgIpc) is 2.69.